The van der Waals surface area contributed by atoms with Crippen LogP contribution >= 0.6 is 23.7 Å². The van der Waals surface area contributed by atoms with Crippen LogP contribution in [-0.2, 0) is 4.74 Å². The third-order valence-corrected chi connectivity index (χ3v) is 7.13. The SMILES string of the molecule is Cc1cc(N2CC(CNCC3CCCCO3)C2)nc2c1c(=O)c(C(=O)O)cn2-c1nccs1.Cl. The second kappa shape index (κ2) is 10.4. The lowest BCUT2D eigenvalue weighted by molar-refractivity contribution is 0.0163. The highest BCUT2D eigenvalue weighted by Gasteiger charge is 2.29. The van der Waals surface area contributed by atoms with Gasteiger partial charge in [-0.05, 0) is 37.8 Å². The van der Waals surface area contributed by atoms with Gasteiger partial charge >= 0.3 is 5.97 Å². The summed E-state index contributed by atoms with van der Waals surface area (Å²) in [7, 11) is 0. The number of hydrogen-bond donors (Lipinski definition) is 2. The van der Waals surface area contributed by atoms with E-state index in [1.165, 1.54) is 30.4 Å². The molecule has 0 aliphatic carbocycles. The first-order valence-corrected chi connectivity index (χ1v) is 12.2. The molecule has 1 atom stereocenters. The Morgan fingerprint density at radius 2 is 2.15 bits per heavy atom. The van der Waals surface area contributed by atoms with Gasteiger partial charge in [0, 0.05) is 56.5 Å². The van der Waals surface area contributed by atoms with Gasteiger partial charge in [-0.3, -0.25) is 9.36 Å². The van der Waals surface area contributed by atoms with E-state index in [1.807, 2.05) is 18.4 Å². The minimum absolute atomic E-state index is 0. The molecule has 34 heavy (non-hydrogen) atoms. The van der Waals surface area contributed by atoms with Crippen molar-refractivity contribution in [1.29, 1.82) is 0 Å². The van der Waals surface area contributed by atoms with Crippen LogP contribution in [-0.4, -0.2) is 64.5 Å². The van der Waals surface area contributed by atoms with E-state index in [4.69, 9.17) is 9.72 Å². The predicted molar refractivity (Wildman–Crippen MR) is 134 cm³/mol. The van der Waals surface area contributed by atoms with Crippen LogP contribution in [0.25, 0.3) is 16.2 Å². The summed E-state index contributed by atoms with van der Waals surface area (Å²) >= 11 is 1.36. The van der Waals surface area contributed by atoms with Gasteiger partial charge in [-0.1, -0.05) is 0 Å². The fourth-order valence-electron chi connectivity index (χ4n) is 4.58. The number of hydrogen-bond acceptors (Lipinski definition) is 8. The van der Waals surface area contributed by atoms with Crippen LogP contribution in [0.2, 0.25) is 0 Å². The number of carbonyl (C=O) groups is 1. The Balaban J connectivity index is 0.00000274. The molecule has 2 aliphatic rings. The maximum Gasteiger partial charge on any atom is 0.341 e. The minimum Gasteiger partial charge on any atom is -0.477 e. The number of aryl methyl sites for hydroxylation is 1. The molecule has 3 aromatic heterocycles. The fraction of sp³-hybridized carbons (Fsp3) is 0.478. The van der Waals surface area contributed by atoms with Gasteiger partial charge in [0.05, 0.1) is 11.5 Å². The Kier molecular flexibility index (Phi) is 7.51. The normalized spacial score (nSPS) is 18.5. The Morgan fingerprint density at radius 1 is 1.32 bits per heavy atom. The third kappa shape index (κ3) is 4.81. The highest BCUT2D eigenvalue weighted by Crippen LogP contribution is 2.28. The Morgan fingerprint density at radius 3 is 2.82 bits per heavy atom. The van der Waals surface area contributed by atoms with Gasteiger partial charge in [0.1, 0.15) is 11.4 Å². The molecule has 0 aromatic carbocycles. The molecule has 5 heterocycles. The largest absolute Gasteiger partial charge is 0.477 e. The minimum atomic E-state index is -1.26. The molecule has 2 fully saturated rings. The predicted octanol–water partition coefficient (Wildman–Crippen LogP) is 2.87. The summed E-state index contributed by atoms with van der Waals surface area (Å²) in [5.41, 5.74) is 0.347. The molecule has 2 saturated heterocycles. The van der Waals surface area contributed by atoms with Gasteiger partial charge in [-0.15, -0.1) is 23.7 Å². The topological polar surface area (TPSA) is 110 Å². The molecule has 9 nitrogen and oxygen atoms in total. The number of carboxylic acid groups (broad SMARTS) is 1. The van der Waals surface area contributed by atoms with Crippen LogP contribution < -0.4 is 15.6 Å². The second-order valence-corrected chi connectivity index (χ2v) is 9.65. The molecule has 11 heteroatoms. The van der Waals surface area contributed by atoms with Crippen LogP contribution in [0, 0.1) is 12.8 Å². The van der Waals surface area contributed by atoms with Crippen molar-refractivity contribution in [3.63, 3.8) is 0 Å². The number of fused-ring (bicyclic) bond motifs is 1. The maximum atomic E-state index is 12.9. The number of pyridine rings is 2. The quantitative estimate of drug-likeness (QED) is 0.504. The lowest BCUT2D eigenvalue weighted by atomic mass is 9.99. The second-order valence-electron chi connectivity index (χ2n) is 8.78. The number of nitrogens with zero attached hydrogens (tertiary/aromatic N) is 4. The van der Waals surface area contributed by atoms with Crippen molar-refractivity contribution in [3.05, 3.63) is 45.2 Å². The van der Waals surface area contributed by atoms with Gasteiger partial charge in [0.25, 0.3) is 0 Å². The van der Waals surface area contributed by atoms with E-state index >= 15 is 0 Å². The summed E-state index contributed by atoms with van der Waals surface area (Å²) in [6, 6.07) is 1.88. The van der Waals surface area contributed by atoms with Crippen molar-refractivity contribution in [2.24, 2.45) is 5.92 Å². The van der Waals surface area contributed by atoms with E-state index in [2.05, 4.69) is 15.2 Å². The zero-order valence-electron chi connectivity index (χ0n) is 18.9. The smallest absolute Gasteiger partial charge is 0.341 e. The van der Waals surface area contributed by atoms with E-state index in [-0.39, 0.29) is 18.0 Å². The number of ether oxygens (including phenoxy) is 1. The number of aromatic carboxylic acids is 1. The molecule has 0 saturated carbocycles. The molecular formula is C23H28ClN5O4S. The Bertz CT molecular complexity index is 1220. The monoisotopic (exact) mass is 505 g/mol. The van der Waals surface area contributed by atoms with Crippen molar-refractivity contribution in [3.8, 4) is 5.13 Å². The highest BCUT2D eigenvalue weighted by molar-refractivity contribution is 7.12. The van der Waals surface area contributed by atoms with E-state index in [1.54, 1.807) is 10.8 Å². The van der Waals surface area contributed by atoms with E-state index in [9.17, 15) is 14.7 Å². The average Bonchev–Trinajstić information content (AvgIpc) is 3.30. The standard InChI is InChI=1S/C23H27N5O4S.ClH/c1-14-8-18(27-11-15(12-27)9-24-10-16-4-2-3-6-32-16)26-21-19(14)20(29)17(22(30)31)13-28(21)23-25-5-7-33-23;/h5,7-8,13,15-16,24H,2-4,6,9-12H2,1H3,(H,30,31);1H. The lowest BCUT2D eigenvalue weighted by Crippen LogP contribution is -2.52. The highest BCUT2D eigenvalue weighted by atomic mass is 35.5. The molecule has 0 radical (unpaired) electrons. The van der Waals surface area contributed by atoms with E-state index in [0.717, 1.165) is 45.0 Å². The number of rotatable bonds is 7. The molecule has 2 N–H and O–H groups in total. The number of halogens is 1. The summed E-state index contributed by atoms with van der Waals surface area (Å²) < 4.78 is 7.39. The molecule has 0 amide bonds. The zero-order chi connectivity index (χ0) is 22.9. The van der Waals surface area contributed by atoms with Gasteiger partial charge < -0.3 is 20.1 Å². The number of nitrogens with one attached hydrogen (secondary N) is 1. The van der Waals surface area contributed by atoms with Crippen LogP contribution in [0.5, 0.6) is 0 Å². The molecule has 0 bridgehead atoms. The van der Waals surface area contributed by atoms with Crippen molar-refractivity contribution >= 4 is 46.6 Å². The number of anilines is 1. The zero-order valence-corrected chi connectivity index (χ0v) is 20.5. The molecule has 182 valence electrons. The van der Waals surface area contributed by atoms with Crippen LogP contribution in [0.15, 0.2) is 28.6 Å². The Labute approximate surface area is 207 Å². The first kappa shape index (κ1) is 24.6. The van der Waals surface area contributed by atoms with Crippen molar-refractivity contribution in [2.45, 2.75) is 32.3 Å². The molecular weight excluding hydrogens is 478 g/mol. The first-order valence-electron chi connectivity index (χ1n) is 11.3. The van der Waals surface area contributed by atoms with Gasteiger partial charge in [0.15, 0.2) is 10.8 Å². The fourth-order valence-corrected chi connectivity index (χ4v) is 5.19. The van der Waals surface area contributed by atoms with Crippen LogP contribution in [0.1, 0.15) is 35.2 Å². The summed E-state index contributed by atoms with van der Waals surface area (Å²) in [4.78, 5) is 35.9. The molecule has 3 aromatic rings. The summed E-state index contributed by atoms with van der Waals surface area (Å²) in [5.74, 6) is 0.0639. The number of aromatic nitrogens is 3. The van der Waals surface area contributed by atoms with Gasteiger partial charge in [-0.25, -0.2) is 14.8 Å². The van der Waals surface area contributed by atoms with Crippen molar-refractivity contribution in [1.82, 2.24) is 19.9 Å². The first-order chi connectivity index (χ1) is 16.0. The maximum absolute atomic E-state index is 12.9. The van der Waals surface area contributed by atoms with E-state index < -0.39 is 11.4 Å². The third-order valence-electron chi connectivity index (χ3n) is 6.36. The van der Waals surface area contributed by atoms with E-state index in [0.29, 0.717) is 33.8 Å². The number of thiazole rings is 1. The summed E-state index contributed by atoms with van der Waals surface area (Å²) in [5, 5.41) is 15.8. The van der Waals surface area contributed by atoms with Crippen molar-refractivity contribution in [2.75, 3.05) is 37.7 Å². The molecule has 2 aliphatic heterocycles. The van der Waals surface area contributed by atoms with Crippen molar-refractivity contribution < 1.29 is 14.6 Å². The summed E-state index contributed by atoms with van der Waals surface area (Å²) in [6.45, 7) is 6.30. The summed E-state index contributed by atoms with van der Waals surface area (Å²) in [6.07, 6.45) is 6.86. The Hall–Kier alpha value is -2.53. The molecule has 5 rings (SSSR count). The van der Waals surface area contributed by atoms with Gasteiger partial charge in [0.2, 0.25) is 5.43 Å². The van der Waals surface area contributed by atoms with Crippen LogP contribution in [0.3, 0.4) is 0 Å². The van der Waals surface area contributed by atoms with Gasteiger partial charge in [-0.2, -0.15) is 0 Å². The average molecular weight is 506 g/mol. The number of carboxylic acids is 1. The van der Waals surface area contributed by atoms with Crippen LogP contribution in [0.4, 0.5) is 5.82 Å². The molecule has 1 unspecified atom stereocenters. The molecule has 0 spiro atoms. The lowest BCUT2D eigenvalue weighted by Gasteiger charge is -2.40.